The number of alkyl halides is 3. The molecule has 0 aromatic heterocycles. The first kappa shape index (κ1) is 18.6. The van der Waals surface area contributed by atoms with E-state index in [9.17, 15) is 13.2 Å². The molecule has 0 saturated carbocycles. The van der Waals surface area contributed by atoms with Crippen LogP contribution in [0.4, 0.5) is 13.2 Å². The van der Waals surface area contributed by atoms with Crippen molar-refractivity contribution in [2.24, 2.45) is 10.4 Å². The van der Waals surface area contributed by atoms with Crippen molar-refractivity contribution in [3.8, 4) is 0 Å². The lowest BCUT2D eigenvalue weighted by Gasteiger charge is -2.36. The molecule has 0 saturated heterocycles. The zero-order valence-corrected chi connectivity index (χ0v) is 13.9. The Morgan fingerprint density at radius 2 is 1.74 bits per heavy atom. The summed E-state index contributed by atoms with van der Waals surface area (Å²) in [7, 11) is -1.33. The van der Waals surface area contributed by atoms with Gasteiger partial charge in [-0.15, -0.1) is 0 Å². The van der Waals surface area contributed by atoms with E-state index in [1.54, 1.807) is 0 Å². The van der Waals surface area contributed by atoms with Gasteiger partial charge in [0.25, 0.3) is 0 Å². The van der Waals surface area contributed by atoms with Gasteiger partial charge in [0.05, 0.1) is 12.1 Å². The van der Waals surface area contributed by atoms with Gasteiger partial charge in [-0.25, -0.2) is 0 Å². The predicted molar refractivity (Wildman–Crippen MR) is 76.4 cm³/mol. The molecule has 2 nitrogen and oxygen atoms in total. The van der Waals surface area contributed by atoms with Crippen molar-refractivity contribution in [1.29, 1.82) is 0 Å². The van der Waals surface area contributed by atoms with E-state index in [0.717, 1.165) is 6.42 Å². The maximum atomic E-state index is 12.3. The molecule has 2 atom stereocenters. The van der Waals surface area contributed by atoms with Crippen LogP contribution in [-0.4, -0.2) is 33.6 Å². The fraction of sp³-hybridized carbons (Fsp3) is 0.923. The maximum Gasteiger partial charge on any atom is 0.426 e. The van der Waals surface area contributed by atoms with Crippen LogP contribution in [0, 0.1) is 5.41 Å². The second kappa shape index (κ2) is 7.43. The van der Waals surface area contributed by atoms with Crippen molar-refractivity contribution in [3.05, 3.63) is 0 Å². The van der Waals surface area contributed by atoms with Crippen molar-refractivity contribution in [1.82, 2.24) is 0 Å². The molecule has 0 aliphatic rings. The number of hydrogen-bond acceptors (Lipinski definition) is 2. The Morgan fingerprint density at radius 1 is 1.21 bits per heavy atom. The zero-order chi connectivity index (χ0) is 15.3. The molecule has 6 heteroatoms. The monoisotopic (exact) mass is 297 g/mol. The molecule has 114 valence electrons. The second-order valence-corrected chi connectivity index (χ2v) is 8.52. The third-order valence-corrected chi connectivity index (χ3v) is 3.46. The van der Waals surface area contributed by atoms with Gasteiger partial charge in [-0.1, -0.05) is 34.1 Å². The maximum absolute atomic E-state index is 12.3. The van der Waals surface area contributed by atoms with Crippen LogP contribution in [0.15, 0.2) is 4.99 Å². The average Bonchev–Trinajstić information content (AvgIpc) is 2.18. The molecule has 0 N–H and O–H groups in total. The van der Waals surface area contributed by atoms with Crippen LogP contribution >= 0.6 is 0 Å². The van der Waals surface area contributed by atoms with Gasteiger partial charge in [0.2, 0.25) is 0 Å². The summed E-state index contributed by atoms with van der Waals surface area (Å²) >= 11 is 0. The van der Waals surface area contributed by atoms with Crippen LogP contribution in [0.5, 0.6) is 0 Å². The first-order valence-corrected chi connectivity index (χ1v) is 9.52. The van der Waals surface area contributed by atoms with Gasteiger partial charge in [-0.3, -0.25) is 4.99 Å². The first-order valence-electron chi connectivity index (χ1n) is 6.74. The lowest BCUT2D eigenvalue weighted by molar-refractivity contribution is -0.0544. The Balaban J connectivity index is 5.11. The molecule has 0 spiro atoms. The van der Waals surface area contributed by atoms with Gasteiger partial charge >= 0.3 is 6.18 Å². The minimum atomic E-state index is -4.36. The summed E-state index contributed by atoms with van der Waals surface area (Å²) in [4.78, 5) is 3.75. The van der Waals surface area contributed by atoms with Gasteiger partial charge in [-0.2, -0.15) is 13.2 Å². The molecule has 0 rings (SSSR count). The summed E-state index contributed by atoms with van der Waals surface area (Å²) in [5.74, 6) is 0. The van der Waals surface area contributed by atoms with Crippen molar-refractivity contribution in [2.75, 3.05) is 0 Å². The molecule has 0 aromatic carbocycles. The smallest absolute Gasteiger partial charge is 0.415 e. The lowest BCUT2D eigenvalue weighted by Crippen LogP contribution is -2.42. The number of rotatable bonds is 6. The van der Waals surface area contributed by atoms with E-state index in [1.165, 1.54) is 0 Å². The van der Waals surface area contributed by atoms with Crippen LogP contribution in [0.1, 0.15) is 40.5 Å². The Bertz CT molecular complexity index is 285. The predicted octanol–water partition coefficient (Wildman–Crippen LogP) is 4.20. The zero-order valence-electron chi connectivity index (χ0n) is 12.7. The molecule has 0 bridgehead atoms. The van der Waals surface area contributed by atoms with E-state index in [1.807, 2.05) is 40.8 Å². The van der Waals surface area contributed by atoms with Crippen LogP contribution in [-0.2, 0) is 4.43 Å². The minimum Gasteiger partial charge on any atom is -0.415 e. The quantitative estimate of drug-likeness (QED) is 0.532. The third-order valence-electron chi connectivity index (χ3n) is 2.62. The SMILES string of the molecule is CCCC(N=CC(F)(F)F)C(O[SiH](C)C)C(C)(C)C. The summed E-state index contributed by atoms with van der Waals surface area (Å²) in [6.45, 7) is 12.0. The highest BCUT2D eigenvalue weighted by molar-refractivity contribution is 6.48. The first-order chi connectivity index (χ1) is 8.47. The van der Waals surface area contributed by atoms with Gasteiger partial charge in [0.1, 0.15) is 6.21 Å². The highest BCUT2D eigenvalue weighted by Crippen LogP contribution is 2.29. The summed E-state index contributed by atoms with van der Waals surface area (Å²) in [6, 6.07) is -0.429. The van der Waals surface area contributed by atoms with Crippen molar-refractivity contribution >= 4 is 15.3 Å². The second-order valence-electron chi connectivity index (χ2n) is 6.15. The number of hydrogen-bond donors (Lipinski definition) is 0. The lowest BCUT2D eigenvalue weighted by atomic mass is 9.83. The van der Waals surface area contributed by atoms with Crippen LogP contribution in [0.3, 0.4) is 0 Å². The Kier molecular flexibility index (Phi) is 7.29. The Hall–Kier alpha value is -0.363. The number of aliphatic imine (C=N–C) groups is 1. The van der Waals surface area contributed by atoms with E-state index in [4.69, 9.17) is 4.43 Å². The molecule has 2 unspecified atom stereocenters. The highest BCUT2D eigenvalue weighted by atomic mass is 28.3. The molecule has 0 aromatic rings. The van der Waals surface area contributed by atoms with Gasteiger partial charge in [0, 0.05) is 0 Å². The van der Waals surface area contributed by atoms with Crippen molar-refractivity contribution in [3.63, 3.8) is 0 Å². The molecular weight excluding hydrogens is 271 g/mol. The van der Waals surface area contributed by atoms with Crippen molar-refractivity contribution in [2.45, 2.75) is 72.0 Å². The summed E-state index contributed by atoms with van der Waals surface area (Å²) in [5.41, 5.74) is -0.222. The average molecular weight is 297 g/mol. The molecule has 0 amide bonds. The van der Waals surface area contributed by atoms with Crippen LogP contribution in [0.2, 0.25) is 13.1 Å². The van der Waals surface area contributed by atoms with E-state index in [0.29, 0.717) is 6.42 Å². The standard InChI is InChI=1S/C13H26F3NOSi/c1-7-8-10(17-9-13(14,15)16)11(12(2,3)4)18-19(5)6/h9-11,19H,7-8H2,1-6H3. The van der Waals surface area contributed by atoms with E-state index in [-0.39, 0.29) is 17.7 Å². The molecule has 19 heavy (non-hydrogen) atoms. The highest BCUT2D eigenvalue weighted by Gasteiger charge is 2.34. The summed E-state index contributed by atoms with van der Waals surface area (Å²) < 4.78 is 42.8. The molecule has 0 radical (unpaired) electrons. The molecule has 0 heterocycles. The van der Waals surface area contributed by atoms with Crippen LogP contribution in [0.25, 0.3) is 0 Å². The van der Waals surface area contributed by atoms with E-state index >= 15 is 0 Å². The summed E-state index contributed by atoms with van der Waals surface area (Å²) in [5, 5.41) is 0. The Morgan fingerprint density at radius 3 is 2.05 bits per heavy atom. The molecule has 0 aliphatic heterocycles. The normalized spacial score (nSPS) is 17.2. The van der Waals surface area contributed by atoms with Crippen molar-refractivity contribution < 1.29 is 17.6 Å². The van der Waals surface area contributed by atoms with Crippen LogP contribution < -0.4 is 0 Å². The van der Waals surface area contributed by atoms with Gasteiger partial charge < -0.3 is 4.43 Å². The van der Waals surface area contributed by atoms with E-state index < -0.39 is 21.3 Å². The number of halogens is 3. The third kappa shape index (κ3) is 8.42. The fourth-order valence-electron chi connectivity index (χ4n) is 1.95. The molecule has 0 aliphatic carbocycles. The number of nitrogens with zero attached hydrogens (tertiary/aromatic N) is 1. The van der Waals surface area contributed by atoms with E-state index in [2.05, 4.69) is 4.99 Å². The molecule has 0 fully saturated rings. The summed E-state index contributed by atoms with van der Waals surface area (Å²) in [6.07, 6.45) is -3.12. The largest absolute Gasteiger partial charge is 0.426 e. The fourth-order valence-corrected chi connectivity index (χ4v) is 3.12. The van der Waals surface area contributed by atoms with Gasteiger partial charge in [0.15, 0.2) is 9.04 Å². The van der Waals surface area contributed by atoms with Gasteiger partial charge in [-0.05, 0) is 24.9 Å². The molecular formula is C13H26F3NOSi. The Labute approximate surface area is 116 Å². The minimum absolute atomic E-state index is 0.108. The topological polar surface area (TPSA) is 21.6 Å².